The van der Waals surface area contributed by atoms with Gasteiger partial charge in [0.05, 0.1) is 17.6 Å². The zero-order valence-electron chi connectivity index (χ0n) is 11.1. The third-order valence-electron chi connectivity index (χ3n) is 4.01. The highest BCUT2D eigenvalue weighted by molar-refractivity contribution is 6.00. The quantitative estimate of drug-likeness (QED) is 0.630. The monoisotopic (exact) mass is 266 g/mol. The van der Waals surface area contributed by atoms with Gasteiger partial charge in [-0.25, -0.2) is 0 Å². The Labute approximate surface area is 115 Å². The Balaban J connectivity index is 1.95. The number of nitrogens with zero attached hydrogens (tertiary/aromatic N) is 1. The molecule has 5 nitrogen and oxygen atoms in total. The van der Waals surface area contributed by atoms with Crippen molar-refractivity contribution in [2.45, 2.75) is 12.8 Å². The number of hydrogen-bond acceptors (Lipinski definition) is 2. The molecule has 1 aromatic carbocycles. The molecular weight excluding hydrogens is 252 g/mol. The van der Waals surface area contributed by atoms with Crippen LogP contribution in [0.2, 0.25) is 0 Å². The molecule has 0 aliphatic heterocycles. The highest BCUT2D eigenvalue weighted by Gasteiger charge is 2.22. The molecule has 1 aliphatic carbocycles. The Morgan fingerprint density at radius 1 is 1.30 bits per heavy atom. The smallest absolute Gasteiger partial charge is 0.251 e. The Hall–Kier alpha value is -2.56. The van der Waals surface area contributed by atoms with Gasteiger partial charge in [-0.15, -0.1) is 0 Å². The van der Waals surface area contributed by atoms with Gasteiger partial charge in [0.1, 0.15) is 0 Å². The van der Waals surface area contributed by atoms with E-state index in [2.05, 4.69) is 20.5 Å². The lowest BCUT2D eigenvalue weighted by molar-refractivity contribution is 0.0963. The van der Waals surface area contributed by atoms with E-state index in [9.17, 15) is 4.79 Å². The number of benzene rings is 1. The molecule has 0 fully saturated rings. The maximum atomic E-state index is 11.7. The van der Waals surface area contributed by atoms with Crippen LogP contribution >= 0.6 is 0 Å². The molecule has 0 bridgehead atoms. The highest BCUT2D eigenvalue weighted by atomic mass is 16.1. The average molecular weight is 266 g/mol. The van der Waals surface area contributed by atoms with Gasteiger partial charge in [-0.3, -0.25) is 9.89 Å². The molecule has 0 unspecified atom stereocenters. The predicted molar refractivity (Wildman–Crippen MR) is 76.7 cm³/mol. The summed E-state index contributed by atoms with van der Waals surface area (Å²) in [5.74, 6) is -0.0679. The van der Waals surface area contributed by atoms with Crippen molar-refractivity contribution < 1.29 is 4.79 Å². The van der Waals surface area contributed by atoms with Crippen LogP contribution in [0.1, 0.15) is 21.5 Å². The lowest BCUT2D eigenvalue weighted by Gasteiger charge is -2.11. The summed E-state index contributed by atoms with van der Waals surface area (Å²) in [7, 11) is 1.64. The number of nitrogens with one attached hydrogen (secondary N) is 3. The van der Waals surface area contributed by atoms with E-state index in [1.807, 2.05) is 24.4 Å². The van der Waals surface area contributed by atoms with E-state index in [4.69, 9.17) is 0 Å². The van der Waals surface area contributed by atoms with Gasteiger partial charge in [0.25, 0.3) is 5.91 Å². The van der Waals surface area contributed by atoms with Crippen molar-refractivity contribution in [3.63, 3.8) is 0 Å². The predicted octanol–water partition coefficient (Wildman–Crippen LogP) is 2.02. The first kappa shape index (κ1) is 11.3. The molecule has 0 spiro atoms. The number of aryl methyl sites for hydroxylation is 2. The van der Waals surface area contributed by atoms with Crippen molar-refractivity contribution >= 4 is 16.8 Å². The van der Waals surface area contributed by atoms with Crippen LogP contribution in [0, 0.1) is 0 Å². The third-order valence-corrected chi connectivity index (χ3v) is 4.01. The fraction of sp³-hybridized carbons (Fsp3) is 0.200. The number of aromatic nitrogens is 3. The normalized spacial score (nSPS) is 13.1. The van der Waals surface area contributed by atoms with E-state index < -0.39 is 0 Å². The second-order valence-electron chi connectivity index (χ2n) is 5.09. The summed E-state index contributed by atoms with van der Waals surface area (Å²) in [5, 5.41) is 11.0. The van der Waals surface area contributed by atoms with Crippen LogP contribution in [-0.2, 0) is 12.8 Å². The zero-order valence-corrected chi connectivity index (χ0v) is 11.1. The highest BCUT2D eigenvalue weighted by Crippen LogP contribution is 2.36. The van der Waals surface area contributed by atoms with E-state index in [1.165, 1.54) is 16.5 Å². The molecule has 0 radical (unpaired) electrons. The summed E-state index contributed by atoms with van der Waals surface area (Å²) in [6.45, 7) is 0. The van der Waals surface area contributed by atoms with Crippen LogP contribution in [0.5, 0.6) is 0 Å². The average Bonchev–Trinajstić information content (AvgIpc) is 3.08. The van der Waals surface area contributed by atoms with Crippen LogP contribution < -0.4 is 5.32 Å². The van der Waals surface area contributed by atoms with Crippen molar-refractivity contribution in [1.29, 1.82) is 0 Å². The summed E-state index contributed by atoms with van der Waals surface area (Å²) in [6.07, 6.45) is 3.89. The van der Waals surface area contributed by atoms with E-state index in [0.717, 1.165) is 29.7 Å². The molecule has 1 aliphatic rings. The molecule has 4 rings (SSSR count). The summed E-state index contributed by atoms with van der Waals surface area (Å²) in [4.78, 5) is 15.1. The standard InChI is InChI=1S/C15H14N4O/c1-16-15(20)8-2-4-10-11-5-3-9-7-17-19-13(9)14(11)18-12(10)6-8/h2,4,6-7,18H,3,5H2,1H3,(H,16,20)(H,17,19). The molecule has 100 valence electrons. The second kappa shape index (κ2) is 3.96. The number of carbonyl (C=O) groups excluding carboxylic acids is 1. The van der Waals surface area contributed by atoms with Gasteiger partial charge in [0.15, 0.2) is 0 Å². The molecule has 2 heterocycles. The maximum absolute atomic E-state index is 11.7. The minimum Gasteiger partial charge on any atom is -0.355 e. The Morgan fingerprint density at radius 3 is 3.05 bits per heavy atom. The van der Waals surface area contributed by atoms with Crippen molar-refractivity contribution in [1.82, 2.24) is 20.5 Å². The molecular formula is C15H14N4O. The summed E-state index contributed by atoms with van der Waals surface area (Å²) in [6, 6.07) is 5.80. The minimum atomic E-state index is -0.0679. The van der Waals surface area contributed by atoms with Crippen molar-refractivity contribution in [3.8, 4) is 11.4 Å². The van der Waals surface area contributed by atoms with E-state index in [-0.39, 0.29) is 5.91 Å². The number of fused-ring (bicyclic) bond motifs is 5. The van der Waals surface area contributed by atoms with Gasteiger partial charge in [-0.05, 0) is 36.1 Å². The van der Waals surface area contributed by atoms with Crippen molar-refractivity contribution in [2.75, 3.05) is 7.05 Å². The van der Waals surface area contributed by atoms with Crippen LogP contribution in [0.25, 0.3) is 22.3 Å². The fourth-order valence-corrected chi connectivity index (χ4v) is 2.99. The lowest BCUT2D eigenvalue weighted by atomic mass is 9.94. The SMILES string of the molecule is CNC(=O)c1ccc2c3c([nH]c2c1)-c1[nH]ncc1CC3. The third kappa shape index (κ3) is 1.43. The Kier molecular flexibility index (Phi) is 2.24. The van der Waals surface area contributed by atoms with Gasteiger partial charge >= 0.3 is 0 Å². The van der Waals surface area contributed by atoms with Crippen molar-refractivity contribution in [2.24, 2.45) is 0 Å². The molecule has 3 N–H and O–H groups in total. The largest absolute Gasteiger partial charge is 0.355 e. The fourth-order valence-electron chi connectivity index (χ4n) is 2.99. The summed E-state index contributed by atoms with van der Waals surface area (Å²) >= 11 is 0. The first-order chi connectivity index (χ1) is 9.78. The molecule has 2 aromatic heterocycles. The number of aromatic amines is 2. The molecule has 0 saturated carbocycles. The maximum Gasteiger partial charge on any atom is 0.251 e. The molecule has 3 aromatic rings. The van der Waals surface area contributed by atoms with Gasteiger partial charge in [0, 0.05) is 23.5 Å². The number of H-pyrrole nitrogens is 2. The second-order valence-corrected chi connectivity index (χ2v) is 5.09. The number of carbonyl (C=O) groups is 1. The van der Waals surface area contributed by atoms with Gasteiger partial charge in [-0.1, -0.05) is 6.07 Å². The molecule has 0 saturated heterocycles. The topological polar surface area (TPSA) is 73.6 Å². The van der Waals surface area contributed by atoms with Crippen LogP contribution in [0.15, 0.2) is 24.4 Å². The van der Waals surface area contributed by atoms with Crippen LogP contribution in [0.3, 0.4) is 0 Å². The minimum absolute atomic E-state index is 0.0679. The Morgan fingerprint density at radius 2 is 2.20 bits per heavy atom. The summed E-state index contributed by atoms with van der Waals surface area (Å²) in [5.41, 5.74) is 6.40. The molecule has 5 heteroatoms. The molecule has 0 atom stereocenters. The first-order valence-electron chi connectivity index (χ1n) is 6.67. The zero-order chi connectivity index (χ0) is 13.7. The van der Waals surface area contributed by atoms with Gasteiger partial charge in [-0.2, -0.15) is 5.10 Å². The first-order valence-corrected chi connectivity index (χ1v) is 6.67. The van der Waals surface area contributed by atoms with E-state index >= 15 is 0 Å². The van der Waals surface area contributed by atoms with Crippen LogP contribution in [0.4, 0.5) is 0 Å². The number of amides is 1. The number of rotatable bonds is 1. The summed E-state index contributed by atoms with van der Waals surface area (Å²) < 4.78 is 0. The lowest BCUT2D eigenvalue weighted by Crippen LogP contribution is -2.17. The van der Waals surface area contributed by atoms with Gasteiger partial charge in [0.2, 0.25) is 0 Å². The molecule has 20 heavy (non-hydrogen) atoms. The van der Waals surface area contributed by atoms with Gasteiger partial charge < -0.3 is 10.3 Å². The Bertz CT molecular complexity index is 828. The number of hydrogen-bond donors (Lipinski definition) is 3. The van der Waals surface area contributed by atoms with E-state index in [0.29, 0.717) is 5.56 Å². The van der Waals surface area contributed by atoms with E-state index in [1.54, 1.807) is 7.05 Å². The molecule has 1 amide bonds. The van der Waals surface area contributed by atoms with Crippen LogP contribution in [-0.4, -0.2) is 28.1 Å². The van der Waals surface area contributed by atoms with Crippen molar-refractivity contribution in [3.05, 3.63) is 41.1 Å².